The van der Waals surface area contributed by atoms with E-state index in [9.17, 15) is 25.5 Å². The van der Waals surface area contributed by atoms with E-state index in [4.69, 9.17) is 9.47 Å². The SMILES string of the molecule is OC[C@@H]1C[C@H](O)[C@H](O)[C@@H](C/C=C/c2cccc(/C=C/C[C@@H]3CC[C@H](O)[C@@H](CO)O3)c2)O1. The second-order valence-corrected chi connectivity index (χ2v) is 8.34. The summed E-state index contributed by atoms with van der Waals surface area (Å²) in [6.07, 6.45) is 6.78. The second-order valence-electron chi connectivity index (χ2n) is 8.34. The Morgan fingerprint density at radius 1 is 0.806 bits per heavy atom. The minimum absolute atomic E-state index is 0.0000956. The zero-order chi connectivity index (χ0) is 22.2. The van der Waals surface area contributed by atoms with Crippen molar-refractivity contribution in [3.05, 3.63) is 47.5 Å². The van der Waals surface area contributed by atoms with Crippen molar-refractivity contribution in [2.45, 2.75) is 74.8 Å². The van der Waals surface area contributed by atoms with Gasteiger partial charge in [0, 0.05) is 6.42 Å². The third kappa shape index (κ3) is 6.95. The van der Waals surface area contributed by atoms with Gasteiger partial charge in [0.1, 0.15) is 12.2 Å². The van der Waals surface area contributed by atoms with Crippen LogP contribution >= 0.6 is 0 Å². The van der Waals surface area contributed by atoms with Gasteiger partial charge in [0.05, 0.1) is 43.7 Å². The summed E-state index contributed by atoms with van der Waals surface area (Å²) in [5, 5.41) is 48.3. The van der Waals surface area contributed by atoms with Gasteiger partial charge in [0.15, 0.2) is 0 Å². The van der Waals surface area contributed by atoms with Crippen LogP contribution in [0.25, 0.3) is 12.2 Å². The van der Waals surface area contributed by atoms with Crippen LogP contribution in [0, 0.1) is 0 Å². The lowest BCUT2D eigenvalue weighted by molar-refractivity contribution is -0.175. The summed E-state index contributed by atoms with van der Waals surface area (Å²) in [4.78, 5) is 0. The highest BCUT2D eigenvalue weighted by atomic mass is 16.5. The topological polar surface area (TPSA) is 120 Å². The lowest BCUT2D eigenvalue weighted by atomic mass is 9.96. The fourth-order valence-electron chi connectivity index (χ4n) is 4.10. The van der Waals surface area contributed by atoms with Crippen LogP contribution in [0.5, 0.6) is 0 Å². The Hall–Kier alpha value is -1.58. The van der Waals surface area contributed by atoms with E-state index >= 15 is 0 Å². The molecule has 3 rings (SSSR count). The van der Waals surface area contributed by atoms with Crippen LogP contribution in [-0.2, 0) is 9.47 Å². The normalized spacial score (nSPS) is 34.5. The predicted octanol–water partition coefficient (Wildman–Crippen LogP) is 1.27. The van der Waals surface area contributed by atoms with Gasteiger partial charge in [-0.1, -0.05) is 42.5 Å². The molecule has 2 aliphatic heterocycles. The fraction of sp³-hybridized carbons (Fsp3) is 0.583. The third-order valence-corrected chi connectivity index (χ3v) is 5.91. The highest BCUT2D eigenvalue weighted by molar-refractivity contribution is 5.57. The number of aliphatic hydroxyl groups excluding tert-OH is 5. The van der Waals surface area contributed by atoms with Gasteiger partial charge in [-0.3, -0.25) is 0 Å². The van der Waals surface area contributed by atoms with Crippen molar-refractivity contribution < 1.29 is 35.0 Å². The van der Waals surface area contributed by atoms with Crippen molar-refractivity contribution in [2.75, 3.05) is 13.2 Å². The summed E-state index contributed by atoms with van der Waals surface area (Å²) in [6.45, 7) is -0.343. The van der Waals surface area contributed by atoms with E-state index in [1.165, 1.54) is 0 Å². The van der Waals surface area contributed by atoms with E-state index in [2.05, 4.69) is 0 Å². The summed E-state index contributed by atoms with van der Waals surface area (Å²) in [6, 6.07) is 7.99. The number of aliphatic hydroxyl groups is 5. The van der Waals surface area contributed by atoms with Gasteiger partial charge >= 0.3 is 0 Å². The van der Waals surface area contributed by atoms with Crippen molar-refractivity contribution in [1.29, 1.82) is 0 Å². The third-order valence-electron chi connectivity index (χ3n) is 5.91. The van der Waals surface area contributed by atoms with Gasteiger partial charge in [0.25, 0.3) is 0 Å². The van der Waals surface area contributed by atoms with Crippen LogP contribution in [0.4, 0.5) is 0 Å². The Bertz CT molecular complexity index is 734. The first-order valence-corrected chi connectivity index (χ1v) is 11.0. The molecule has 172 valence electrons. The molecule has 2 saturated heterocycles. The molecule has 0 unspecified atom stereocenters. The van der Waals surface area contributed by atoms with E-state index in [-0.39, 0.29) is 25.7 Å². The Morgan fingerprint density at radius 3 is 2.16 bits per heavy atom. The van der Waals surface area contributed by atoms with Crippen LogP contribution in [0.2, 0.25) is 0 Å². The summed E-state index contributed by atoms with van der Waals surface area (Å²) >= 11 is 0. The van der Waals surface area contributed by atoms with Crippen LogP contribution < -0.4 is 0 Å². The number of rotatable bonds is 8. The number of hydrogen-bond donors (Lipinski definition) is 5. The Morgan fingerprint density at radius 2 is 1.48 bits per heavy atom. The molecule has 0 amide bonds. The van der Waals surface area contributed by atoms with E-state index in [0.29, 0.717) is 19.3 Å². The van der Waals surface area contributed by atoms with Gasteiger partial charge in [-0.05, 0) is 42.9 Å². The first kappa shape index (κ1) is 24.1. The molecule has 7 nitrogen and oxygen atoms in total. The molecule has 0 spiro atoms. The Kier molecular flexibility index (Phi) is 9.22. The van der Waals surface area contributed by atoms with Gasteiger partial charge < -0.3 is 35.0 Å². The number of benzene rings is 1. The maximum atomic E-state index is 10.1. The Balaban J connectivity index is 1.51. The van der Waals surface area contributed by atoms with Crippen molar-refractivity contribution in [3.8, 4) is 0 Å². The number of hydrogen-bond acceptors (Lipinski definition) is 7. The average molecular weight is 435 g/mol. The highest BCUT2D eigenvalue weighted by Gasteiger charge is 2.35. The van der Waals surface area contributed by atoms with Crippen molar-refractivity contribution in [1.82, 2.24) is 0 Å². The lowest BCUT2D eigenvalue weighted by Gasteiger charge is -2.36. The summed E-state index contributed by atoms with van der Waals surface area (Å²) in [7, 11) is 0. The van der Waals surface area contributed by atoms with Crippen molar-refractivity contribution >= 4 is 12.2 Å². The molecular formula is C24H34O7. The second kappa shape index (κ2) is 11.9. The molecule has 1 aromatic carbocycles. The molecule has 7 atom stereocenters. The maximum absolute atomic E-state index is 10.1. The summed E-state index contributed by atoms with van der Waals surface area (Å²) in [5.41, 5.74) is 2.05. The predicted molar refractivity (Wildman–Crippen MR) is 117 cm³/mol. The molecule has 5 N–H and O–H groups in total. The first-order chi connectivity index (χ1) is 15.0. The molecule has 0 saturated carbocycles. The standard InChI is InChI=1S/C24H34O7/c25-14-19-13-21(28)24(29)22(31-19)9-3-7-17-5-1-4-16(12-17)6-2-8-18-10-11-20(27)23(15-26)30-18/h1-7,12,18-29H,8-11,13-15H2/b6-2+,7-3+/t18-,19+,20+,21+,22-,23-,24+/m1/s1. The van der Waals surface area contributed by atoms with Gasteiger partial charge in [0.2, 0.25) is 0 Å². The quantitative estimate of drug-likeness (QED) is 0.418. The van der Waals surface area contributed by atoms with Gasteiger partial charge in [-0.15, -0.1) is 0 Å². The Labute approximate surface area is 183 Å². The van der Waals surface area contributed by atoms with Gasteiger partial charge in [-0.2, -0.15) is 0 Å². The molecule has 7 heteroatoms. The van der Waals surface area contributed by atoms with Crippen LogP contribution in [0.3, 0.4) is 0 Å². The molecule has 31 heavy (non-hydrogen) atoms. The van der Waals surface area contributed by atoms with E-state index in [1.54, 1.807) is 0 Å². The summed E-state index contributed by atoms with van der Waals surface area (Å²) < 4.78 is 11.4. The molecule has 0 bridgehead atoms. The first-order valence-electron chi connectivity index (χ1n) is 11.0. The lowest BCUT2D eigenvalue weighted by Crippen LogP contribution is -2.48. The molecule has 0 aromatic heterocycles. The smallest absolute Gasteiger partial charge is 0.107 e. The molecule has 2 aliphatic rings. The molecule has 0 radical (unpaired) electrons. The van der Waals surface area contributed by atoms with E-state index in [1.807, 2.05) is 48.6 Å². The number of ether oxygens (including phenoxy) is 2. The summed E-state index contributed by atoms with van der Waals surface area (Å²) in [5.74, 6) is 0. The molecular weight excluding hydrogens is 400 g/mol. The molecule has 2 fully saturated rings. The van der Waals surface area contributed by atoms with Crippen molar-refractivity contribution in [2.24, 2.45) is 0 Å². The minimum atomic E-state index is -0.963. The van der Waals surface area contributed by atoms with Crippen LogP contribution in [0.15, 0.2) is 36.4 Å². The minimum Gasteiger partial charge on any atom is -0.394 e. The monoisotopic (exact) mass is 434 g/mol. The van der Waals surface area contributed by atoms with Crippen LogP contribution in [0.1, 0.15) is 43.2 Å². The van der Waals surface area contributed by atoms with E-state index in [0.717, 1.165) is 17.5 Å². The molecule has 1 aromatic rings. The molecule has 2 heterocycles. The fourth-order valence-corrected chi connectivity index (χ4v) is 4.10. The van der Waals surface area contributed by atoms with Gasteiger partial charge in [-0.25, -0.2) is 0 Å². The zero-order valence-corrected chi connectivity index (χ0v) is 17.7. The van der Waals surface area contributed by atoms with Crippen molar-refractivity contribution in [3.63, 3.8) is 0 Å². The van der Waals surface area contributed by atoms with E-state index < -0.39 is 36.6 Å². The average Bonchev–Trinajstić information content (AvgIpc) is 2.78. The largest absolute Gasteiger partial charge is 0.394 e. The highest BCUT2D eigenvalue weighted by Crippen LogP contribution is 2.24. The maximum Gasteiger partial charge on any atom is 0.107 e. The molecule has 0 aliphatic carbocycles. The van der Waals surface area contributed by atoms with Crippen LogP contribution in [-0.4, -0.2) is 81.5 Å². The zero-order valence-electron chi connectivity index (χ0n) is 17.7.